The van der Waals surface area contributed by atoms with Crippen LogP contribution in [0.2, 0.25) is 5.15 Å². The van der Waals surface area contributed by atoms with Gasteiger partial charge in [0.15, 0.2) is 10.9 Å². The summed E-state index contributed by atoms with van der Waals surface area (Å²) in [5.41, 5.74) is 0.872. The van der Waals surface area contributed by atoms with Crippen molar-refractivity contribution in [2.45, 2.75) is 33.6 Å². The van der Waals surface area contributed by atoms with Gasteiger partial charge in [0.25, 0.3) is 0 Å². The molecule has 0 aromatic carbocycles. The van der Waals surface area contributed by atoms with Crippen LogP contribution in [0.3, 0.4) is 0 Å². The van der Waals surface area contributed by atoms with Crippen molar-refractivity contribution >= 4 is 34.7 Å². The number of esters is 1. The molecular weight excluding hydrogens is 384 g/mol. The van der Waals surface area contributed by atoms with Gasteiger partial charge in [-0.1, -0.05) is 30.7 Å². The zero-order chi connectivity index (χ0) is 19.8. The molecular formula is C20H23ClN2O3S. The molecule has 2 aromatic rings. The molecule has 1 aliphatic carbocycles. The molecule has 2 atom stereocenters. The van der Waals surface area contributed by atoms with E-state index < -0.39 is 0 Å². The van der Waals surface area contributed by atoms with E-state index in [1.54, 1.807) is 12.4 Å². The highest BCUT2D eigenvalue weighted by molar-refractivity contribution is 7.17. The van der Waals surface area contributed by atoms with Gasteiger partial charge < -0.3 is 4.74 Å². The second-order valence-electron chi connectivity index (χ2n) is 6.22. The third-order valence-electron chi connectivity index (χ3n) is 4.15. The predicted molar refractivity (Wildman–Crippen MR) is 108 cm³/mol. The normalized spacial score (nSPS) is 18.4. The average molecular weight is 407 g/mol. The average Bonchev–Trinajstić information content (AvgIpc) is 3.06. The van der Waals surface area contributed by atoms with Crippen molar-refractivity contribution < 1.29 is 14.3 Å². The minimum absolute atomic E-state index is 0.0330. The number of allylic oxidation sites excluding steroid dienone is 2. The van der Waals surface area contributed by atoms with Gasteiger partial charge in [0.2, 0.25) is 0 Å². The van der Waals surface area contributed by atoms with E-state index in [2.05, 4.69) is 29.0 Å². The fourth-order valence-electron chi connectivity index (χ4n) is 2.66. The highest BCUT2D eigenvalue weighted by Crippen LogP contribution is 2.30. The van der Waals surface area contributed by atoms with E-state index in [1.807, 2.05) is 19.1 Å². The van der Waals surface area contributed by atoms with Crippen LogP contribution in [0.5, 0.6) is 0 Å². The number of hydrogen-bond acceptors (Lipinski definition) is 6. The van der Waals surface area contributed by atoms with Gasteiger partial charge in [-0.3, -0.25) is 14.6 Å². The van der Waals surface area contributed by atoms with Crippen molar-refractivity contribution in [3.8, 4) is 10.6 Å². The summed E-state index contributed by atoms with van der Waals surface area (Å²) in [6.45, 7) is 5.92. The summed E-state index contributed by atoms with van der Waals surface area (Å²) in [6, 6.07) is 3.70. The van der Waals surface area contributed by atoms with Gasteiger partial charge in [0.05, 0.1) is 12.5 Å². The van der Waals surface area contributed by atoms with E-state index in [0.717, 1.165) is 23.4 Å². The number of carbonyl (C=O) groups is 2. The number of ether oxygens (including phenoxy) is 1. The van der Waals surface area contributed by atoms with Crippen molar-refractivity contribution in [2.24, 2.45) is 11.8 Å². The maximum Gasteiger partial charge on any atom is 0.309 e. The lowest BCUT2D eigenvalue weighted by molar-refractivity contribution is -0.149. The van der Waals surface area contributed by atoms with Gasteiger partial charge >= 0.3 is 5.97 Å². The van der Waals surface area contributed by atoms with Crippen LogP contribution in [0.4, 0.5) is 0 Å². The number of Topliss-reactive ketones (excluding diaryl/α,β-unsaturated/α-hetero) is 1. The van der Waals surface area contributed by atoms with Crippen LogP contribution in [0.1, 0.15) is 43.3 Å². The number of ketones is 1. The second-order valence-corrected chi connectivity index (χ2v) is 7.57. The van der Waals surface area contributed by atoms with E-state index in [-0.39, 0.29) is 22.8 Å². The molecule has 27 heavy (non-hydrogen) atoms. The van der Waals surface area contributed by atoms with Crippen LogP contribution < -0.4 is 0 Å². The van der Waals surface area contributed by atoms with Crippen LogP contribution in [0.25, 0.3) is 10.6 Å². The van der Waals surface area contributed by atoms with Gasteiger partial charge in [-0.2, -0.15) is 0 Å². The number of pyridine rings is 1. The first-order valence-electron chi connectivity index (χ1n) is 8.83. The molecule has 7 heteroatoms. The maximum absolute atomic E-state index is 11.4. The first kappa shape index (κ1) is 21.3. The monoisotopic (exact) mass is 406 g/mol. The van der Waals surface area contributed by atoms with E-state index >= 15 is 0 Å². The Morgan fingerprint density at radius 1 is 1.33 bits per heavy atom. The fraction of sp³-hybridized carbons (Fsp3) is 0.400. The van der Waals surface area contributed by atoms with E-state index in [0.29, 0.717) is 17.4 Å². The van der Waals surface area contributed by atoms with Crippen LogP contribution in [-0.2, 0) is 9.53 Å². The van der Waals surface area contributed by atoms with Gasteiger partial charge in [-0.05, 0) is 37.8 Å². The fourth-order valence-corrected chi connectivity index (χ4v) is 3.89. The number of carbonyl (C=O) groups excluding carboxylic acids is 2. The summed E-state index contributed by atoms with van der Waals surface area (Å²) in [4.78, 5) is 31.1. The molecule has 0 radical (unpaired) electrons. The van der Waals surface area contributed by atoms with Crippen molar-refractivity contribution in [2.75, 3.05) is 6.61 Å². The molecule has 2 aromatic heterocycles. The molecule has 0 saturated heterocycles. The van der Waals surface area contributed by atoms with E-state index in [9.17, 15) is 9.59 Å². The predicted octanol–water partition coefficient (Wildman–Crippen LogP) is 5.21. The molecule has 5 nitrogen and oxygen atoms in total. The molecule has 2 heterocycles. The smallest absolute Gasteiger partial charge is 0.309 e. The minimum atomic E-state index is -0.0624. The summed E-state index contributed by atoms with van der Waals surface area (Å²) in [5.74, 6) is 0.436. The maximum atomic E-state index is 11.4. The molecule has 0 saturated carbocycles. The summed E-state index contributed by atoms with van der Waals surface area (Å²) in [7, 11) is 0. The van der Waals surface area contributed by atoms with E-state index in [4.69, 9.17) is 16.3 Å². The summed E-state index contributed by atoms with van der Waals surface area (Å²) >= 11 is 7.14. The molecule has 0 aliphatic heterocycles. The Morgan fingerprint density at radius 2 is 2.07 bits per heavy atom. The third kappa shape index (κ3) is 5.97. The van der Waals surface area contributed by atoms with Crippen LogP contribution >= 0.6 is 22.9 Å². The summed E-state index contributed by atoms with van der Waals surface area (Å²) < 4.78 is 4.98. The lowest BCUT2D eigenvalue weighted by Gasteiger charge is -2.22. The Kier molecular flexibility index (Phi) is 8.13. The molecule has 0 fully saturated rings. The first-order chi connectivity index (χ1) is 12.9. The first-order valence-corrected chi connectivity index (χ1v) is 10.0. The Hall–Kier alpha value is -2.05. The van der Waals surface area contributed by atoms with Crippen LogP contribution in [-0.4, -0.2) is 28.3 Å². The Morgan fingerprint density at radius 3 is 2.63 bits per heavy atom. The number of thiazole rings is 1. The number of halogens is 1. The molecule has 0 N–H and O–H groups in total. The topological polar surface area (TPSA) is 69.2 Å². The zero-order valence-corrected chi connectivity index (χ0v) is 17.2. The summed E-state index contributed by atoms with van der Waals surface area (Å²) in [6.07, 6.45) is 9.44. The van der Waals surface area contributed by atoms with Gasteiger partial charge in [0, 0.05) is 24.9 Å². The molecule has 144 valence electrons. The minimum Gasteiger partial charge on any atom is -0.466 e. The SMILES string of the molecule is CC(=O)c1sc(-c2cccnc2)nc1Cl.CCOC(=O)C1CC=CCC1C. The lowest BCUT2D eigenvalue weighted by atomic mass is 9.84. The zero-order valence-electron chi connectivity index (χ0n) is 15.6. The van der Waals surface area contributed by atoms with Crippen molar-refractivity contribution in [1.29, 1.82) is 0 Å². The highest BCUT2D eigenvalue weighted by Gasteiger charge is 2.26. The van der Waals surface area contributed by atoms with Gasteiger partial charge in [0.1, 0.15) is 9.88 Å². The third-order valence-corrected chi connectivity index (χ3v) is 5.75. The standard InChI is InChI=1S/C10H7ClN2OS.C10H16O2/c1-6(14)8-9(11)13-10(15-8)7-3-2-4-12-5-7;1-3-12-10(11)9-7-5-4-6-8(9)2/h2-5H,1H3;4-5,8-9H,3,6-7H2,1-2H3. The molecule has 0 amide bonds. The van der Waals surface area contributed by atoms with Crippen molar-refractivity contribution in [3.63, 3.8) is 0 Å². The Balaban J connectivity index is 0.000000199. The number of nitrogens with zero attached hydrogens (tertiary/aromatic N) is 2. The molecule has 1 aliphatic rings. The lowest BCUT2D eigenvalue weighted by Crippen LogP contribution is -2.25. The molecule has 3 rings (SSSR count). The summed E-state index contributed by atoms with van der Waals surface area (Å²) in [5, 5.41) is 0.990. The van der Waals surface area contributed by atoms with Gasteiger partial charge in [-0.25, -0.2) is 4.98 Å². The van der Waals surface area contributed by atoms with Crippen molar-refractivity contribution in [3.05, 3.63) is 46.7 Å². The van der Waals surface area contributed by atoms with E-state index in [1.165, 1.54) is 18.3 Å². The number of rotatable bonds is 4. The van der Waals surface area contributed by atoms with Gasteiger partial charge in [-0.15, -0.1) is 11.3 Å². The van der Waals surface area contributed by atoms with Crippen LogP contribution in [0.15, 0.2) is 36.7 Å². The Labute approximate surface area is 168 Å². The molecule has 2 unspecified atom stereocenters. The molecule has 0 bridgehead atoms. The quantitative estimate of drug-likeness (QED) is 0.396. The second kappa shape index (κ2) is 10.3. The molecule has 0 spiro atoms. The highest BCUT2D eigenvalue weighted by atomic mass is 35.5. The largest absolute Gasteiger partial charge is 0.466 e. The van der Waals surface area contributed by atoms with Crippen LogP contribution in [0, 0.1) is 11.8 Å². The number of aromatic nitrogens is 2. The Bertz CT molecular complexity index is 805. The van der Waals surface area contributed by atoms with Crippen molar-refractivity contribution in [1.82, 2.24) is 9.97 Å². The number of hydrogen-bond donors (Lipinski definition) is 0.